The van der Waals surface area contributed by atoms with Gasteiger partial charge < -0.3 is 23.7 Å². The summed E-state index contributed by atoms with van der Waals surface area (Å²) in [6.45, 7) is 7.94. The third-order valence-corrected chi connectivity index (χ3v) is 5.52. The second-order valence-corrected chi connectivity index (χ2v) is 8.85. The van der Waals surface area contributed by atoms with Gasteiger partial charge in [0.25, 0.3) is 0 Å². The van der Waals surface area contributed by atoms with Gasteiger partial charge in [-0.15, -0.1) is 0 Å². The van der Waals surface area contributed by atoms with Crippen molar-refractivity contribution < 1.29 is 38.1 Å². The molecule has 0 spiro atoms. The lowest BCUT2D eigenvalue weighted by Gasteiger charge is -2.29. The molecule has 0 amide bonds. The smallest absolute Gasteiger partial charge is 0.337 e. The van der Waals surface area contributed by atoms with Crippen molar-refractivity contribution in [3.63, 3.8) is 0 Å². The van der Waals surface area contributed by atoms with Crippen LogP contribution in [0.1, 0.15) is 52.1 Å². The van der Waals surface area contributed by atoms with Gasteiger partial charge in [-0.25, -0.2) is 9.59 Å². The molecule has 0 fully saturated rings. The highest BCUT2D eigenvalue weighted by atomic mass is 16.7. The van der Waals surface area contributed by atoms with Gasteiger partial charge in [0.1, 0.15) is 12.2 Å². The van der Waals surface area contributed by atoms with E-state index in [9.17, 15) is 14.4 Å². The van der Waals surface area contributed by atoms with Crippen LogP contribution in [0.15, 0.2) is 61.2 Å². The minimum absolute atomic E-state index is 0.162. The Balaban J connectivity index is 1.81. The Morgan fingerprint density at radius 1 is 0.921 bits per heavy atom. The molecule has 206 valence electrons. The number of ether oxygens (including phenoxy) is 5. The number of hydrogen-bond donors (Lipinski definition) is 1. The number of carbonyl (C=O) groups excluding carboxylic acids is 3. The van der Waals surface area contributed by atoms with Gasteiger partial charge in [0, 0.05) is 18.2 Å². The first-order valence-corrected chi connectivity index (χ1v) is 12.3. The van der Waals surface area contributed by atoms with E-state index in [1.807, 2.05) is 24.3 Å². The quantitative estimate of drug-likeness (QED) is 0.108. The minimum Gasteiger partial charge on any atom is -0.465 e. The SMILES string of the molecule is C=CC(=O)OCCOCCCOC(NC)OC(C)(C)C(=O)c1ccc(Cc2ccc(C(=O)OC)cc2)cc1. The van der Waals surface area contributed by atoms with Crippen LogP contribution in [-0.4, -0.2) is 70.3 Å². The van der Waals surface area contributed by atoms with Gasteiger partial charge in [-0.1, -0.05) is 43.0 Å². The summed E-state index contributed by atoms with van der Waals surface area (Å²) in [7, 11) is 3.04. The number of hydrogen-bond acceptors (Lipinski definition) is 9. The maximum Gasteiger partial charge on any atom is 0.337 e. The first-order valence-electron chi connectivity index (χ1n) is 12.3. The molecule has 1 unspecified atom stereocenters. The number of methoxy groups -OCH3 is 1. The van der Waals surface area contributed by atoms with Crippen LogP contribution in [0.3, 0.4) is 0 Å². The molecule has 9 nitrogen and oxygen atoms in total. The predicted octanol–water partition coefficient (Wildman–Crippen LogP) is 3.70. The molecule has 0 bridgehead atoms. The molecule has 0 radical (unpaired) electrons. The van der Waals surface area contributed by atoms with Gasteiger partial charge in [-0.3, -0.25) is 10.1 Å². The van der Waals surface area contributed by atoms with Crippen molar-refractivity contribution in [3.8, 4) is 0 Å². The van der Waals surface area contributed by atoms with Crippen molar-refractivity contribution >= 4 is 17.7 Å². The number of rotatable bonds is 17. The minimum atomic E-state index is -1.13. The lowest BCUT2D eigenvalue weighted by molar-refractivity contribution is -0.199. The molecule has 0 heterocycles. The van der Waals surface area contributed by atoms with E-state index in [0.717, 1.165) is 17.2 Å². The second kappa shape index (κ2) is 15.8. The van der Waals surface area contributed by atoms with E-state index in [1.54, 1.807) is 45.2 Å². The Bertz CT molecular complexity index is 1050. The summed E-state index contributed by atoms with van der Waals surface area (Å²) in [6, 6.07) is 14.6. The van der Waals surface area contributed by atoms with E-state index in [-0.39, 0.29) is 25.0 Å². The molecule has 0 saturated heterocycles. The van der Waals surface area contributed by atoms with E-state index in [1.165, 1.54) is 7.11 Å². The molecule has 9 heteroatoms. The molecule has 0 aliphatic carbocycles. The largest absolute Gasteiger partial charge is 0.465 e. The molecule has 0 aliphatic heterocycles. The van der Waals surface area contributed by atoms with Gasteiger partial charge >= 0.3 is 11.9 Å². The van der Waals surface area contributed by atoms with Gasteiger partial charge in [-0.2, -0.15) is 0 Å². The van der Waals surface area contributed by atoms with Crippen molar-refractivity contribution in [2.75, 3.05) is 40.6 Å². The van der Waals surface area contributed by atoms with Crippen molar-refractivity contribution in [2.24, 2.45) is 0 Å². The Kier molecular flexibility index (Phi) is 12.8. The fourth-order valence-electron chi connectivity index (χ4n) is 3.44. The highest BCUT2D eigenvalue weighted by molar-refractivity contribution is 6.02. The Morgan fingerprint density at radius 3 is 2.08 bits per heavy atom. The van der Waals surface area contributed by atoms with Crippen LogP contribution in [0.4, 0.5) is 0 Å². The summed E-state index contributed by atoms with van der Waals surface area (Å²) in [5, 5.41) is 2.91. The molecular formula is C29H37NO8. The van der Waals surface area contributed by atoms with Crippen LogP contribution in [0, 0.1) is 0 Å². The molecule has 2 aromatic rings. The maximum atomic E-state index is 13.1. The van der Waals surface area contributed by atoms with Crippen molar-refractivity contribution in [1.82, 2.24) is 5.32 Å². The predicted molar refractivity (Wildman–Crippen MR) is 142 cm³/mol. The zero-order valence-corrected chi connectivity index (χ0v) is 22.5. The lowest BCUT2D eigenvalue weighted by atomic mass is 9.94. The third kappa shape index (κ3) is 10.2. The van der Waals surface area contributed by atoms with E-state index in [2.05, 4.69) is 11.9 Å². The third-order valence-electron chi connectivity index (χ3n) is 5.52. The maximum absolute atomic E-state index is 13.1. The van der Waals surface area contributed by atoms with Crippen LogP contribution in [0.2, 0.25) is 0 Å². The second-order valence-electron chi connectivity index (χ2n) is 8.85. The summed E-state index contributed by atoms with van der Waals surface area (Å²) in [5.41, 5.74) is 1.96. The topological polar surface area (TPSA) is 109 Å². The highest BCUT2D eigenvalue weighted by Crippen LogP contribution is 2.21. The van der Waals surface area contributed by atoms with Gasteiger partial charge in [-0.05, 0) is 57.0 Å². The normalized spacial score (nSPS) is 12.0. The zero-order valence-electron chi connectivity index (χ0n) is 22.5. The van der Waals surface area contributed by atoms with E-state index in [0.29, 0.717) is 37.2 Å². The zero-order chi connectivity index (χ0) is 28.0. The Hall–Kier alpha value is -3.37. The summed E-state index contributed by atoms with van der Waals surface area (Å²) < 4.78 is 26.6. The van der Waals surface area contributed by atoms with Crippen LogP contribution >= 0.6 is 0 Å². The molecule has 0 saturated carbocycles. The average molecular weight is 528 g/mol. The standard InChI is InChI=1S/C29H37NO8/c1-6-25(31)36-19-18-35-16-7-17-37-28(30-4)38-29(2,3)26(32)23-12-8-21(9-13-23)20-22-10-14-24(15-11-22)27(33)34-5/h6,8-15,28,30H,1,7,16-20H2,2-5H3. The van der Waals surface area contributed by atoms with Gasteiger partial charge in [0.05, 0.1) is 25.9 Å². The van der Waals surface area contributed by atoms with E-state index < -0.39 is 18.0 Å². The molecular weight excluding hydrogens is 490 g/mol. The van der Waals surface area contributed by atoms with E-state index >= 15 is 0 Å². The molecule has 1 atom stereocenters. The summed E-state index contributed by atoms with van der Waals surface area (Å²) >= 11 is 0. The first kappa shape index (κ1) is 30.9. The van der Waals surface area contributed by atoms with Crippen molar-refractivity contribution in [3.05, 3.63) is 83.4 Å². The van der Waals surface area contributed by atoms with Crippen molar-refractivity contribution in [1.29, 1.82) is 0 Å². The van der Waals surface area contributed by atoms with E-state index in [4.69, 9.17) is 23.7 Å². The van der Waals surface area contributed by atoms with Crippen LogP contribution < -0.4 is 5.32 Å². The van der Waals surface area contributed by atoms with Crippen molar-refractivity contribution in [2.45, 2.75) is 38.7 Å². The summed E-state index contributed by atoms with van der Waals surface area (Å²) in [6.07, 6.45) is 1.58. The summed E-state index contributed by atoms with van der Waals surface area (Å²) in [5.74, 6) is -1.03. The highest BCUT2D eigenvalue weighted by Gasteiger charge is 2.32. The number of benzene rings is 2. The molecule has 2 aromatic carbocycles. The molecule has 0 aliphatic rings. The fourth-order valence-corrected chi connectivity index (χ4v) is 3.44. The first-order chi connectivity index (χ1) is 18.2. The van der Waals surface area contributed by atoms with Gasteiger partial charge in [0.15, 0.2) is 5.78 Å². The fraction of sp³-hybridized carbons (Fsp3) is 0.414. The van der Waals surface area contributed by atoms with Crippen LogP contribution in [0.25, 0.3) is 0 Å². The average Bonchev–Trinajstić information content (AvgIpc) is 2.93. The Morgan fingerprint density at radius 2 is 1.53 bits per heavy atom. The van der Waals surface area contributed by atoms with Crippen LogP contribution in [0.5, 0.6) is 0 Å². The molecule has 1 N–H and O–H groups in total. The summed E-state index contributed by atoms with van der Waals surface area (Å²) in [4.78, 5) is 35.7. The molecule has 2 rings (SSSR count). The lowest BCUT2D eigenvalue weighted by Crippen LogP contribution is -2.44. The number of carbonyl (C=O) groups is 3. The monoisotopic (exact) mass is 527 g/mol. The number of nitrogens with one attached hydrogen (secondary N) is 1. The number of esters is 2. The number of Topliss-reactive ketones (excluding diaryl/α,β-unsaturated/α-hetero) is 1. The Labute approximate surface area is 224 Å². The number of ketones is 1. The molecule has 0 aromatic heterocycles. The van der Waals surface area contributed by atoms with Gasteiger partial charge in [0.2, 0.25) is 6.41 Å². The molecule has 38 heavy (non-hydrogen) atoms. The van der Waals surface area contributed by atoms with Crippen LogP contribution in [-0.2, 0) is 34.9 Å².